The molecule has 0 aliphatic rings. The Bertz CT molecular complexity index is 1650. The lowest BCUT2D eigenvalue weighted by atomic mass is 10.1. The first-order valence-electron chi connectivity index (χ1n) is 11.0. The molecule has 5 rings (SSSR count). The summed E-state index contributed by atoms with van der Waals surface area (Å²) in [6, 6.07) is 24.6. The molecule has 2 N–H and O–H groups in total. The number of nitrogens with one attached hydrogen (secondary N) is 2. The third kappa shape index (κ3) is 4.16. The largest absolute Gasteiger partial charge is 0.382 e. The third-order valence-electron chi connectivity index (χ3n) is 5.85. The fourth-order valence-corrected chi connectivity index (χ4v) is 4.15. The third-order valence-corrected chi connectivity index (χ3v) is 5.85. The molecule has 172 valence electrons. The zero-order valence-corrected chi connectivity index (χ0v) is 18.9. The molecule has 0 saturated heterocycles. The second kappa shape index (κ2) is 9.25. The minimum atomic E-state index is -0.567. The number of rotatable bonds is 6. The topological polar surface area (TPSA) is 112 Å². The molecule has 0 spiro atoms. The van der Waals surface area contributed by atoms with Crippen molar-refractivity contribution in [2.24, 2.45) is 0 Å². The summed E-state index contributed by atoms with van der Waals surface area (Å²) in [5.41, 5.74) is 1.46. The van der Waals surface area contributed by atoms with Gasteiger partial charge in [0.25, 0.3) is 11.5 Å². The molecule has 8 nitrogen and oxygen atoms in total. The van der Waals surface area contributed by atoms with Crippen molar-refractivity contribution in [1.29, 1.82) is 5.26 Å². The van der Waals surface area contributed by atoms with Crippen molar-refractivity contribution in [1.82, 2.24) is 19.9 Å². The molecule has 2 aromatic heterocycles. The van der Waals surface area contributed by atoms with Gasteiger partial charge in [-0.15, -0.1) is 0 Å². The molecule has 3 aromatic carbocycles. The van der Waals surface area contributed by atoms with Crippen LogP contribution in [-0.4, -0.2) is 34.2 Å². The van der Waals surface area contributed by atoms with Gasteiger partial charge in [-0.05, 0) is 22.4 Å². The van der Waals surface area contributed by atoms with Crippen LogP contribution in [-0.2, 0) is 4.74 Å². The Labute approximate surface area is 200 Å². The van der Waals surface area contributed by atoms with Crippen LogP contribution >= 0.6 is 0 Å². The summed E-state index contributed by atoms with van der Waals surface area (Å²) >= 11 is 0. The zero-order chi connectivity index (χ0) is 24.4. The molecule has 1 atom stereocenters. The van der Waals surface area contributed by atoms with Gasteiger partial charge in [0.05, 0.1) is 24.5 Å². The van der Waals surface area contributed by atoms with Crippen LogP contribution in [0, 0.1) is 11.3 Å². The summed E-state index contributed by atoms with van der Waals surface area (Å²) in [5, 5.41) is 19.1. The summed E-state index contributed by atoms with van der Waals surface area (Å²) < 4.78 is 6.56. The summed E-state index contributed by atoms with van der Waals surface area (Å²) in [4.78, 5) is 29.0. The predicted molar refractivity (Wildman–Crippen MR) is 132 cm³/mol. The number of benzene rings is 3. The average molecular weight is 463 g/mol. The van der Waals surface area contributed by atoms with Crippen LogP contribution in [0.3, 0.4) is 0 Å². The summed E-state index contributed by atoms with van der Waals surface area (Å²) in [6.07, 6.45) is 1.61. The van der Waals surface area contributed by atoms with E-state index in [0.29, 0.717) is 5.69 Å². The monoisotopic (exact) mass is 463 g/mol. The number of aromatic nitrogens is 3. The number of fused-ring (bicyclic) bond motifs is 2. The maximum absolute atomic E-state index is 13.2. The van der Waals surface area contributed by atoms with Gasteiger partial charge < -0.3 is 15.0 Å². The Morgan fingerprint density at radius 1 is 1.11 bits per heavy atom. The molecule has 0 fully saturated rings. The minimum Gasteiger partial charge on any atom is -0.382 e. The number of hydrogen-bond acceptors (Lipinski definition) is 5. The maximum atomic E-state index is 13.2. The van der Waals surface area contributed by atoms with E-state index >= 15 is 0 Å². The lowest BCUT2D eigenvalue weighted by Gasteiger charge is -2.17. The maximum Gasteiger partial charge on any atom is 0.275 e. The average Bonchev–Trinajstić information content (AvgIpc) is 3.28. The molecular weight excluding hydrogens is 442 g/mol. The molecule has 8 heteroatoms. The molecule has 0 aliphatic carbocycles. The van der Waals surface area contributed by atoms with Crippen molar-refractivity contribution < 1.29 is 9.53 Å². The van der Waals surface area contributed by atoms with E-state index in [9.17, 15) is 14.9 Å². The van der Waals surface area contributed by atoms with Gasteiger partial charge in [-0.3, -0.25) is 9.59 Å². The second-order valence-corrected chi connectivity index (χ2v) is 8.08. The van der Waals surface area contributed by atoms with Crippen molar-refractivity contribution in [2.45, 2.75) is 6.04 Å². The molecule has 0 aliphatic heterocycles. The number of ether oxygens (including phenoxy) is 1. The normalized spacial score (nSPS) is 11.9. The highest BCUT2D eigenvalue weighted by Gasteiger charge is 2.24. The first-order valence-corrected chi connectivity index (χ1v) is 11.0. The Morgan fingerprint density at radius 2 is 1.86 bits per heavy atom. The zero-order valence-electron chi connectivity index (χ0n) is 18.9. The van der Waals surface area contributed by atoms with Gasteiger partial charge in [0.1, 0.15) is 17.1 Å². The van der Waals surface area contributed by atoms with Crippen molar-refractivity contribution in [3.05, 3.63) is 106 Å². The first-order chi connectivity index (χ1) is 17.1. The van der Waals surface area contributed by atoms with Gasteiger partial charge >= 0.3 is 0 Å². The number of amides is 1. The SMILES string of the molecule is COC[C@@H](NC(=O)c1nn2cc(-c3ccc4ccccc4c3)[nH]c(=O)c2c1C#N)c1ccccc1. The highest BCUT2D eigenvalue weighted by Crippen LogP contribution is 2.23. The molecule has 5 aromatic rings. The van der Waals surface area contributed by atoms with Crippen LogP contribution in [0.4, 0.5) is 0 Å². The smallest absolute Gasteiger partial charge is 0.275 e. The van der Waals surface area contributed by atoms with Crippen LogP contribution in [0.5, 0.6) is 0 Å². The van der Waals surface area contributed by atoms with Crippen molar-refractivity contribution in [2.75, 3.05) is 13.7 Å². The number of H-pyrrole nitrogens is 1. The van der Waals surface area contributed by atoms with E-state index in [2.05, 4.69) is 15.4 Å². The Morgan fingerprint density at radius 3 is 2.60 bits per heavy atom. The van der Waals surface area contributed by atoms with Gasteiger partial charge in [0, 0.05) is 12.7 Å². The van der Waals surface area contributed by atoms with Gasteiger partial charge in [-0.1, -0.05) is 66.7 Å². The van der Waals surface area contributed by atoms with E-state index in [1.807, 2.05) is 78.9 Å². The summed E-state index contributed by atoms with van der Waals surface area (Å²) in [5.74, 6) is -0.567. The van der Waals surface area contributed by atoms with Crippen LogP contribution in [0.2, 0.25) is 0 Å². The van der Waals surface area contributed by atoms with E-state index in [1.54, 1.807) is 13.3 Å². The van der Waals surface area contributed by atoms with Crippen molar-refractivity contribution in [3.8, 4) is 17.3 Å². The van der Waals surface area contributed by atoms with E-state index in [0.717, 1.165) is 21.9 Å². The first kappa shape index (κ1) is 22.1. The molecule has 0 radical (unpaired) electrons. The minimum absolute atomic E-state index is 0.0187. The number of carbonyl (C=O) groups is 1. The van der Waals surface area contributed by atoms with Crippen molar-refractivity contribution in [3.63, 3.8) is 0 Å². The molecular formula is C27H21N5O3. The Balaban J connectivity index is 1.55. The Kier molecular flexibility index (Phi) is 5.83. The van der Waals surface area contributed by atoms with E-state index in [4.69, 9.17) is 4.74 Å². The van der Waals surface area contributed by atoms with Gasteiger partial charge in [0.2, 0.25) is 0 Å². The standard InChI is InChI=1S/C27H21N5O3/c1-35-16-23(18-8-3-2-4-9-18)30-26(33)24-21(14-28)25-27(34)29-22(15-32(25)31-24)20-12-11-17-7-5-6-10-19(17)13-20/h2-13,15,23H,16H2,1H3,(H,29,34)(H,30,33)/t23-/m1/s1. The predicted octanol–water partition coefficient (Wildman–Crippen LogP) is 3.83. The number of methoxy groups -OCH3 is 1. The molecule has 0 unspecified atom stereocenters. The second-order valence-electron chi connectivity index (χ2n) is 8.08. The van der Waals surface area contributed by atoms with Crippen molar-refractivity contribution >= 4 is 22.2 Å². The van der Waals surface area contributed by atoms with Gasteiger partial charge in [-0.2, -0.15) is 10.4 Å². The molecule has 0 saturated carbocycles. The highest BCUT2D eigenvalue weighted by molar-refractivity contribution is 5.97. The number of nitrogens with zero attached hydrogens (tertiary/aromatic N) is 3. The number of carbonyl (C=O) groups excluding carboxylic acids is 1. The van der Waals surface area contributed by atoms with Crippen LogP contribution in [0.15, 0.2) is 83.8 Å². The van der Waals surface area contributed by atoms with E-state index in [1.165, 1.54) is 4.52 Å². The molecule has 0 bridgehead atoms. The lowest BCUT2D eigenvalue weighted by Crippen LogP contribution is -2.32. The molecule has 35 heavy (non-hydrogen) atoms. The highest BCUT2D eigenvalue weighted by atomic mass is 16.5. The number of aromatic amines is 1. The summed E-state index contributed by atoms with van der Waals surface area (Å²) in [6.45, 7) is 0.234. The fraction of sp³-hybridized carbons (Fsp3) is 0.111. The Hall–Kier alpha value is -4.74. The van der Waals surface area contributed by atoms with E-state index < -0.39 is 17.5 Å². The number of nitriles is 1. The fourth-order valence-electron chi connectivity index (χ4n) is 4.15. The molecule has 2 heterocycles. The van der Waals surface area contributed by atoms with Crippen LogP contribution < -0.4 is 10.9 Å². The quantitative estimate of drug-likeness (QED) is 0.397. The molecule has 1 amide bonds. The number of hydrogen-bond donors (Lipinski definition) is 2. The van der Waals surface area contributed by atoms with Crippen LogP contribution in [0.1, 0.15) is 27.7 Å². The van der Waals surface area contributed by atoms with E-state index in [-0.39, 0.29) is 23.4 Å². The van der Waals surface area contributed by atoms with Crippen LogP contribution in [0.25, 0.3) is 27.5 Å². The van der Waals surface area contributed by atoms with Gasteiger partial charge in [0.15, 0.2) is 5.69 Å². The lowest BCUT2D eigenvalue weighted by molar-refractivity contribution is 0.0891. The van der Waals surface area contributed by atoms with Gasteiger partial charge in [-0.25, -0.2) is 4.52 Å². The summed E-state index contributed by atoms with van der Waals surface area (Å²) in [7, 11) is 1.54.